The molecular formula is C30H36FN5O. The van der Waals surface area contributed by atoms with Gasteiger partial charge in [0.15, 0.2) is 5.82 Å². The molecule has 1 aliphatic carbocycles. The zero-order valence-corrected chi connectivity index (χ0v) is 21.8. The molecule has 3 saturated heterocycles. The highest BCUT2D eigenvalue weighted by atomic mass is 19.1. The van der Waals surface area contributed by atoms with E-state index in [1.165, 1.54) is 32.1 Å². The number of hydrogen-bond acceptors (Lipinski definition) is 6. The number of nitrogens with zero attached hydrogens (tertiary/aromatic N) is 5. The van der Waals surface area contributed by atoms with E-state index in [0.717, 1.165) is 62.4 Å². The average Bonchev–Trinajstić information content (AvgIpc) is 3.61. The SMILES string of the molecule is CCc1ccccc1-c1ncc2c(N3CC4CCC(C4)C3)nc(OCC34CCCN3CCC4)nc2c1F. The molecule has 2 aromatic heterocycles. The lowest BCUT2D eigenvalue weighted by molar-refractivity contribution is 0.108. The summed E-state index contributed by atoms with van der Waals surface area (Å²) in [5.74, 6) is 1.77. The van der Waals surface area contributed by atoms with Crippen molar-refractivity contribution in [1.29, 1.82) is 0 Å². The number of aryl methyl sites for hydroxylation is 1. The van der Waals surface area contributed by atoms with E-state index in [1.54, 1.807) is 6.20 Å². The lowest BCUT2D eigenvalue weighted by atomic mass is 9.95. The molecule has 0 spiro atoms. The van der Waals surface area contributed by atoms with Crippen molar-refractivity contribution in [3.05, 3.63) is 41.8 Å². The van der Waals surface area contributed by atoms with Gasteiger partial charge in [-0.1, -0.05) is 31.2 Å². The van der Waals surface area contributed by atoms with Gasteiger partial charge in [-0.3, -0.25) is 9.88 Å². The first-order valence-electron chi connectivity index (χ1n) is 14.2. The van der Waals surface area contributed by atoms with Crippen molar-refractivity contribution in [2.45, 2.75) is 63.8 Å². The maximum Gasteiger partial charge on any atom is 0.319 e. The number of pyridine rings is 1. The van der Waals surface area contributed by atoms with Gasteiger partial charge in [0.2, 0.25) is 0 Å². The minimum Gasteiger partial charge on any atom is -0.461 e. The van der Waals surface area contributed by atoms with Crippen LogP contribution in [0, 0.1) is 17.7 Å². The van der Waals surface area contributed by atoms with Gasteiger partial charge in [0.25, 0.3) is 0 Å². The Morgan fingerprint density at radius 2 is 1.81 bits per heavy atom. The average molecular weight is 502 g/mol. The van der Waals surface area contributed by atoms with E-state index in [2.05, 4.69) is 21.7 Å². The third kappa shape index (κ3) is 3.97. The van der Waals surface area contributed by atoms with E-state index >= 15 is 4.39 Å². The van der Waals surface area contributed by atoms with E-state index in [4.69, 9.17) is 14.7 Å². The Kier molecular flexibility index (Phi) is 5.79. The van der Waals surface area contributed by atoms with Crippen molar-refractivity contribution < 1.29 is 9.13 Å². The summed E-state index contributed by atoms with van der Waals surface area (Å²) in [4.78, 5) is 19.2. The second-order valence-corrected chi connectivity index (χ2v) is 11.7. The molecule has 4 aliphatic rings. The van der Waals surface area contributed by atoms with Crippen LogP contribution in [0.5, 0.6) is 6.01 Å². The number of anilines is 1. The lowest BCUT2D eigenvalue weighted by Crippen LogP contribution is -2.43. The molecule has 3 aromatic rings. The molecular weight excluding hydrogens is 465 g/mol. The summed E-state index contributed by atoms with van der Waals surface area (Å²) < 4.78 is 22.7. The number of halogens is 1. The van der Waals surface area contributed by atoms with Crippen LogP contribution in [0.3, 0.4) is 0 Å². The van der Waals surface area contributed by atoms with Gasteiger partial charge in [-0.05, 0) is 81.9 Å². The fourth-order valence-corrected chi connectivity index (χ4v) is 7.62. The van der Waals surface area contributed by atoms with Crippen LogP contribution in [-0.4, -0.2) is 58.2 Å². The van der Waals surface area contributed by atoms with Crippen molar-refractivity contribution in [2.24, 2.45) is 11.8 Å². The summed E-state index contributed by atoms with van der Waals surface area (Å²) in [6.45, 7) is 6.86. The van der Waals surface area contributed by atoms with Crippen LogP contribution < -0.4 is 9.64 Å². The van der Waals surface area contributed by atoms with Crippen molar-refractivity contribution in [3.8, 4) is 17.3 Å². The fourth-order valence-electron chi connectivity index (χ4n) is 7.62. The number of fused-ring (bicyclic) bond motifs is 4. The van der Waals surface area contributed by atoms with Gasteiger partial charge in [0.05, 0.1) is 10.9 Å². The maximum absolute atomic E-state index is 16.3. The largest absolute Gasteiger partial charge is 0.461 e. The minimum atomic E-state index is -0.381. The van der Waals surface area contributed by atoms with Crippen molar-refractivity contribution in [2.75, 3.05) is 37.7 Å². The zero-order valence-electron chi connectivity index (χ0n) is 21.8. The maximum atomic E-state index is 16.3. The molecule has 1 saturated carbocycles. The van der Waals surface area contributed by atoms with E-state index in [0.29, 0.717) is 41.1 Å². The molecule has 7 rings (SSSR count). The van der Waals surface area contributed by atoms with E-state index in [-0.39, 0.29) is 11.4 Å². The molecule has 2 bridgehead atoms. The number of hydrogen-bond donors (Lipinski definition) is 0. The van der Waals surface area contributed by atoms with Gasteiger partial charge in [-0.15, -0.1) is 0 Å². The number of piperidine rings is 1. The second-order valence-electron chi connectivity index (χ2n) is 11.7. The van der Waals surface area contributed by atoms with Crippen LogP contribution in [0.25, 0.3) is 22.2 Å². The van der Waals surface area contributed by atoms with Crippen molar-refractivity contribution in [1.82, 2.24) is 19.9 Å². The lowest BCUT2D eigenvalue weighted by Gasteiger charge is -2.34. The summed E-state index contributed by atoms with van der Waals surface area (Å²) in [5.41, 5.74) is 2.67. The molecule has 37 heavy (non-hydrogen) atoms. The van der Waals surface area contributed by atoms with Gasteiger partial charge < -0.3 is 9.64 Å². The third-order valence-electron chi connectivity index (χ3n) is 9.48. The molecule has 2 atom stereocenters. The van der Waals surface area contributed by atoms with Gasteiger partial charge in [-0.2, -0.15) is 9.97 Å². The van der Waals surface area contributed by atoms with Gasteiger partial charge in [0, 0.05) is 24.8 Å². The van der Waals surface area contributed by atoms with Crippen LogP contribution in [-0.2, 0) is 6.42 Å². The van der Waals surface area contributed by atoms with Gasteiger partial charge in [-0.25, -0.2) is 4.39 Å². The Morgan fingerprint density at radius 3 is 2.57 bits per heavy atom. The Hall–Kier alpha value is -2.80. The van der Waals surface area contributed by atoms with Crippen LogP contribution in [0.4, 0.5) is 10.2 Å². The first-order valence-corrected chi connectivity index (χ1v) is 14.2. The molecule has 4 fully saturated rings. The zero-order chi connectivity index (χ0) is 25.0. The summed E-state index contributed by atoms with van der Waals surface area (Å²) in [6, 6.07) is 8.22. The Labute approximate surface area is 218 Å². The Morgan fingerprint density at radius 1 is 1.05 bits per heavy atom. The van der Waals surface area contributed by atoms with Crippen LogP contribution in [0.2, 0.25) is 0 Å². The van der Waals surface area contributed by atoms with Crippen molar-refractivity contribution >= 4 is 16.7 Å². The number of benzene rings is 1. The Balaban J connectivity index is 1.31. The normalized spacial score (nSPS) is 24.6. The summed E-state index contributed by atoms with van der Waals surface area (Å²) >= 11 is 0. The summed E-state index contributed by atoms with van der Waals surface area (Å²) in [5, 5.41) is 0.686. The minimum absolute atomic E-state index is 0.0880. The predicted octanol–water partition coefficient (Wildman–Crippen LogP) is 5.64. The molecule has 7 heteroatoms. The number of ether oxygens (including phenoxy) is 1. The van der Waals surface area contributed by atoms with Crippen LogP contribution >= 0.6 is 0 Å². The number of aromatic nitrogens is 3. The first kappa shape index (κ1) is 23.3. The molecule has 5 heterocycles. The predicted molar refractivity (Wildman–Crippen MR) is 143 cm³/mol. The van der Waals surface area contributed by atoms with E-state index in [1.807, 2.05) is 24.3 Å². The monoisotopic (exact) mass is 501 g/mol. The molecule has 0 N–H and O–H groups in total. The van der Waals surface area contributed by atoms with Crippen LogP contribution in [0.1, 0.15) is 57.4 Å². The molecule has 2 unspecified atom stereocenters. The molecule has 194 valence electrons. The quantitative estimate of drug-likeness (QED) is 0.436. The summed E-state index contributed by atoms with van der Waals surface area (Å²) in [7, 11) is 0. The summed E-state index contributed by atoms with van der Waals surface area (Å²) in [6.07, 6.45) is 11.2. The Bertz CT molecular complexity index is 1310. The standard InChI is InChI=1S/C30H36FN5O/c1-2-22-7-3-4-8-23(22)26-25(31)27-24(16-32-26)28(35-17-20-9-10-21(15-20)18-35)34-29(33-27)37-19-30-11-5-13-36(30)14-6-12-30/h3-4,7-8,16,20-21H,2,5-6,9-15,17-19H2,1H3. The van der Waals surface area contributed by atoms with E-state index < -0.39 is 0 Å². The third-order valence-corrected chi connectivity index (χ3v) is 9.48. The molecule has 3 aliphatic heterocycles. The highest BCUT2D eigenvalue weighted by molar-refractivity contribution is 5.92. The molecule has 1 aromatic carbocycles. The van der Waals surface area contributed by atoms with E-state index in [9.17, 15) is 0 Å². The first-order chi connectivity index (χ1) is 18.1. The second kappa shape index (κ2) is 9.19. The van der Waals surface area contributed by atoms with Gasteiger partial charge in [0.1, 0.15) is 23.6 Å². The molecule has 0 amide bonds. The fraction of sp³-hybridized carbons (Fsp3) is 0.567. The highest BCUT2D eigenvalue weighted by Crippen LogP contribution is 2.42. The molecule has 6 nitrogen and oxygen atoms in total. The van der Waals surface area contributed by atoms with Gasteiger partial charge >= 0.3 is 6.01 Å². The smallest absolute Gasteiger partial charge is 0.319 e. The van der Waals surface area contributed by atoms with Crippen molar-refractivity contribution in [3.63, 3.8) is 0 Å². The number of rotatable bonds is 6. The van der Waals surface area contributed by atoms with Crippen LogP contribution in [0.15, 0.2) is 30.5 Å². The topological polar surface area (TPSA) is 54.4 Å². The molecule has 0 radical (unpaired) electrons. The highest BCUT2D eigenvalue weighted by Gasteiger charge is 2.45.